The van der Waals surface area contributed by atoms with Crippen LogP contribution in [-0.4, -0.2) is 35.4 Å². The van der Waals surface area contributed by atoms with Crippen LogP contribution in [0.15, 0.2) is 54.7 Å². The van der Waals surface area contributed by atoms with Gasteiger partial charge in [0.2, 0.25) is 0 Å². The molecular weight excluding hydrogens is 386 g/mol. The number of hydrogen-bond donors (Lipinski definition) is 1. The van der Waals surface area contributed by atoms with Crippen LogP contribution in [-0.2, 0) is 4.74 Å². The first kappa shape index (κ1) is 20.3. The molecule has 3 aromatic rings. The molecular formula is C26H31N3O2. The Morgan fingerprint density at radius 3 is 2.74 bits per heavy atom. The molecule has 0 aliphatic carbocycles. The van der Waals surface area contributed by atoms with Gasteiger partial charge in [0, 0.05) is 23.4 Å². The number of nitrogens with one attached hydrogen (secondary N) is 1. The monoisotopic (exact) mass is 417 g/mol. The summed E-state index contributed by atoms with van der Waals surface area (Å²) in [6, 6.07) is 17.4. The summed E-state index contributed by atoms with van der Waals surface area (Å²) in [5.41, 5.74) is 4.51. The lowest BCUT2D eigenvalue weighted by molar-refractivity contribution is -0.0484. The summed E-state index contributed by atoms with van der Waals surface area (Å²) < 4.78 is 14.6. The molecule has 1 aromatic heterocycles. The Kier molecular flexibility index (Phi) is 5.32. The third-order valence-corrected chi connectivity index (χ3v) is 6.88. The van der Waals surface area contributed by atoms with Crippen molar-refractivity contribution in [3.05, 3.63) is 77.4 Å². The average molecular weight is 418 g/mol. The zero-order valence-corrected chi connectivity index (χ0v) is 18.6. The van der Waals surface area contributed by atoms with Gasteiger partial charge in [-0.15, -0.1) is 0 Å². The molecule has 2 aromatic carbocycles. The van der Waals surface area contributed by atoms with Crippen LogP contribution in [0.2, 0.25) is 0 Å². The van der Waals surface area contributed by atoms with Gasteiger partial charge in [0.15, 0.2) is 0 Å². The van der Waals surface area contributed by atoms with Crippen molar-refractivity contribution >= 4 is 0 Å². The summed E-state index contributed by atoms with van der Waals surface area (Å²) in [6.07, 6.45) is 5.30. The van der Waals surface area contributed by atoms with E-state index in [0.717, 1.165) is 48.8 Å². The molecule has 0 radical (unpaired) electrons. The summed E-state index contributed by atoms with van der Waals surface area (Å²) in [4.78, 5) is 4.57. The van der Waals surface area contributed by atoms with E-state index in [4.69, 9.17) is 9.47 Å². The zero-order valence-electron chi connectivity index (χ0n) is 18.6. The van der Waals surface area contributed by atoms with Gasteiger partial charge in [-0.25, -0.2) is 4.98 Å². The molecule has 0 bridgehead atoms. The van der Waals surface area contributed by atoms with Crippen molar-refractivity contribution in [3.8, 4) is 11.4 Å². The summed E-state index contributed by atoms with van der Waals surface area (Å²) in [7, 11) is 1.76. The van der Waals surface area contributed by atoms with E-state index >= 15 is 0 Å². The third kappa shape index (κ3) is 3.66. The minimum atomic E-state index is -0.174. The Balaban J connectivity index is 1.48. The van der Waals surface area contributed by atoms with Gasteiger partial charge in [-0.05, 0) is 63.4 Å². The molecule has 2 saturated heterocycles. The number of ether oxygens (including phenoxy) is 2. The third-order valence-electron chi connectivity index (χ3n) is 6.88. The van der Waals surface area contributed by atoms with E-state index in [-0.39, 0.29) is 11.6 Å². The van der Waals surface area contributed by atoms with Crippen LogP contribution in [0, 0.1) is 13.8 Å². The first-order valence-corrected chi connectivity index (χ1v) is 11.2. The Morgan fingerprint density at radius 1 is 1.16 bits per heavy atom. The molecule has 2 fully saturated rings. The Morgan fingerprint density at radius 2 is 2.00 bits per heavy atom. The predicted octanol–water partition coefficient (Wildman–Crippen LogP) is 4.87. The Bertz CT molecular complexity index is 1060. The van der Waals surface area contributed by atoms with Crippen molar-refractivity contribution in [2.45, 2.75) is 50.7 Å². The van der Waals surface area contributed by atoms with Gasteiger partial charge in [-0.3, -0.25) is 0 Å². The number of imidazole rings is 1. The molecule has 2 aliphatic heterocycles. The fourth-order valence-electron chi connectivity index (χ4n) is 5.48. The minimum Gasteiger partial charge on any atom is -0.496 e. The van der Waals surface area contributed by atoms with Gasteiger partial charge in [0.05, 0.1) is 31.1 Å². The number of aromatic nitrogens is 2. The van der Waals surface area contributed by atoms with Crippen molar-refractivity contribution in [2.75, 3.05) is 20.3 Å². The number of hydrogen-bond acceptors (Lipinski definition) is 4. The molecule has 162 valence electrons. The van der Waals surface area contributed by atoms with Gasteiger partial charge in [-0.1, -0.05) is 30.3 Å². The first-order chi connectivity index (χ1) is 15.1. The van der Waals surface area contributed by atoms with Gasteiger partial charge >= 0.3 is 0 Å². The van der Waals surface area contributed by atoms with E-state index in [1.54, 1.807) is 7.11 Å². The topological polar surface area (TPSA) is 48.3 Å². The van der Waals surface area contributed by atoms with E-state index in [1.807, 2.05) is 13.8 Å². The van der Waals surface area contributed by atoms with Crippen LogP contribution in [0.3, 0.4) is 0 Å². The molecule has 3 atom stereocenters. The molecule has 5 heteroatoms. The quantitative estimate of drug-likeness (QED) is 0.658. The summed E-state index contributed by atoms with van der Waals surface area (Å²) in [6.45, 7) is 5.82. The van der Waals surface area contributed by atoms with Crippen LogP contribution in [0.25, 0.3) is 5.69 Å². The minimum absolute atomic E-state index is 0.174. The van der Waals surface area contributed by atoms with Crippen molar-refractivity contribution in [3.63, 3.8) is 0 Å². The lowest BCUT2D eigenvalue weighted by Gasteiger charge is -2.41. The summed E-state index contributed by atoms with van der Waals surface area (Å²) in [5, 5.41) is 3.75. The summed E-state index contributed by atoms with van der Waals surface area (Å²) >= 11 is 0. The predicted molar refractivity (Wildman–Crippen MR) is 122 cm³/mol. The van der Waals surface area contributed by atoms with Crippen LogP contribution in [0.1, 0.15) is 53.9 Å². The number of rotatable bonds is 4. The zero-order chi connectivity index (χ0) is 21.4. The molecule has 1 unspecified atom stereocenters. The molecule has 2 aliphatic rings. The average Bonchev–Trinajstić information content (AvgIpc) is 3.37. The largest absolute Gasteiger partial charge is 0.496 e. The lowest BCUT2D eigenvalue weighted by Crippen LogP contribution is -2.48. The van der Waals surface area contributed by atoms with Crippen molar-refractivity contribution in [1.82, 2.24) is 14.9 Å². The lowest BCUT2D eigenvalue weighted by atomic mass is 9.77. The normalized spacial score (nSPS) is 25.8. The highest BCUT2D eigenvalue weighted by Crippen LogP contribution is 2.49. The number of piperidine rings is 1. The molecule has 0 saturated carbocycles. The van der Waals surface area contributed by atoms with E-state index in [9.17, 15) is 0 Å². The second-order valence-electron chi connectivity index (χ2n) is 8.90. The number of nitrogens with zero attached hydrogens (tertiary/aromatic N) is 2. The van der Waals surface area contributed by atoms with Gasteiger partial charge < -0.3 is 19.4 Å². The van der Waals surface area contributed by atoms with E-state index in [2.05, 4.69) is 69.6 Å². The highest BCUT2D eigenvalue weighted by Gasteiger charge is 2.49. The molecule has 0 amide bonds. The highest BCUT2D eigenvalue weighted by molar-refractivity contribution is 5.47. The maximum atomic E-state index is 6.65. The SMILES string of the molecule is COc1ccc(-n2cc(C)nc2C)cc1[C@H]1COC2(CCCN[C@H]2c2ccccc2)C1. The van der Waals surface area contributed by atoms with Gasteiger partial charge in [0.25, 0.3) is 0 Å². The smallest absolute Gasteiger partial charge is 0.122 e. The van der Waals surface area contributed by atoms with Gasteiger partial charge in [0.1, 0.15) is 11.6 Å². The van der Waals surface area contributed by atoms with Crippen molar-refractivity contribution in [2.24, 2.45) is 0 Å². The van der Waals surface area contributed by atoms with Crippen LogP contribution in [0.4, 0.5) is 0 Å². The van der Waals surface area contributed by atoms with Crippen molar-refractivity contribution < 1.29 is 9.47 Å². The number of benzene rings is 2. The van der Waals surface area contributed by atoms with Crippen molar-refractivity contribution in [1.29, 1.82) is 0 Å². The molecule has 5 rings (SSSR count). The molecule has 1 spiro atoms. The van der Waals surface area contributed by atoms with E-state index < -0.39 is 0 Å². The second kappa shape index (κ2) is 8.13. The Hall–Kier alpha value is -2.63. The fourth-order valence-corrected chi connectivity index (χ4v) is 5.48. The Labute approximate surface area is 184 Å². The molecule has 1 N–H and O–H groups in total. The van der Waals surface area contributed by atoms with Crippen LogP contribution >= 0.6 is 0 Å². The molecule has 5 nitrogen and oxygen atoms in total. The molecule has 31 heavy (non-hydrogen) atoms. The standard InChI is InChI=1S/C26H31N3O2/c1-18-16-29(19(2)28-18)22-10-11-24(30-3)23(14-22)21-15-26(31-17-21)12-7-13-27-25(26)20-8-5-4-6-9-20/h4-6,8-11,14,16,21,25,27H,7,12-13,15,17H2,1-3H3/t21-,25+,26?/m1/s1. The second-order valence-corrected chi connectivity index (χ2v) is 8.90. The fraction of sp³-hybridized carbons (Fsp3) is 0.423. The maximum absolute atomic E-state index is 6.65. The maximum Gasteiger partial charge on any atom is 0.122 e. The van der Waals surface area contributed by atoms with E-state index in [1.165, 1.54) is 11.1 Å². The first-order valence-electron chi connectivity index (χ1n) is 11.2. The number of methoxy groups -OCH3 is 1. The number of aryl methyl sites for hydroxylation is 2. The van der Waals surface area contributed by atoms with Crippen LogP contribution < -0.4 is 10.1 Å². The highest BCUT2D eigenvalue weighted by atomic mass is 16.5. The summed E-state index contributed by atoms with van der Waals surface area (Å²) in [5.74, 6) is 2.23. The van der Waals surface area contributed by atoms with Crippen LogP contribution in [0.5, 0.6) is 5.75 Å². The van der Waals surface area contributed by atoms with Gasteiger partial charge in [-0.2, -0.15) is 0 Å². The van der Waals surface area contributed by atoms with E-state index in [0.29, 0.717) is 12.5 Å². The molecule has 3 heterocycles.